The molecular formula is C16H18FNO2S. The molecule has 0 spiro atoms. The van der Waals surface area contributed by atoms with Crippen molar-refractivity contribution in [3.8, 4) is 0 Å². The van der Waals surface area contributed by atoms with Crippen LogP contribution in [0.25, 0.3) is 0 Å². The molecule has 0 bridgehead atoms. The normalized spacial score (nSPS) is 12.1. The van der Waals surface area contributed by atoms with E-state index in [2.05, 4.69) is 5.32 Å². The van der Waals surface area contributed by atoms with Gasteiger partial charge in [0.2, 0.25) is 0 Å². The van der Waals surface area contributed by atoms with Gasteiger partial charge in [-0.2, -0.15) is 0 Å². The molecule has 21 heavy (non-hydrogen) atoms. The lowest BCUT2D eigenvalue weighted by molar-refractivity contribution is 0.105. The summed E-state index contributed by atoms with van der Waals surface area (Å²) in [6.07, 6.45) is -0.778. The molecule has 112 valence electrons. The van der Waals surface area contributed by atoms with Gasteiger partial charge in [-0.3, -0.25) is 0 Å². The zero-order valence-electron chi connectivity index (χ0n) is 11.5. The second kappa shape index (κ2) is 8.02. The van der Waals surface area contributed by atoms with E-state index in [0.717, 1.165) is 21.9 Å². The Hall–Kier alpha value is -1.56. The van der Waals surface area contributed by atoms with Gasteiger partial charge in [0, 0.05) is 22.9 Å². The quantitative estimate of drug-likeness (QED) is 0.689. The Morgan fingerprint density at radius 3 is 2.52 bits per heavy atom. The molecule has 0 aliphatic rings. The number of rotatable bonds is 7. The van der Waals surface area contributed by atoms with Crippen molar-refractivity contribution in [3.63, 3.8) is 0 Å². The van der Waals surface area contributed by atoms with Crippen LogP contribution in [0.15, 0.2) is 53.4 Å². The molecule has 0 aliphatic heterocycles. The van der Waals surface area contributed by atoms with Gasteiger partial charge >= 0.3 is 0 Å². The third-order valence-corrected chi connectivity index (χ3v) is 4.08. The van der Waals surface area contributed by atoms with Crippen LogP contribution in [0.5, 0.6) is 0 Å². The first-order valence-corrected chi connectivity index (χ1v) is 7.66. The van der Waals surface area contributed by atoms with Gasteiger partial charge in [-0.1, -0.05) is 24.3 Å². The minimum absolute atomic E-state index is 0.233. The lowest BCUT2D eigenvalue weighted by Crippen LogP contribution is -2.23. The van der Waals surface area contributed by atoms with Gasteiger partial charge < -0.3 is 15.5 Å². The van der Waals surface area contributed by atoms with E-state index in [1.54, 1.807) is 23.9 Å². The largest absolute Gasteiger partial charge is 0.394 e. The van der Waals surface area contributed by atoms with Gasteiger partial charge in [0.05, 0.1) is 12.7 Å². The number of halogens is 1. The van der Waals surface area contributed by atoms with Gasteiger partial charge in [-0.25, -0.2) is 4.39 Å². The number of thioether (sulfide) groups is 1. The summed E-state index contributed by atoms with van der Waals surface area (Å²) in [5.74, 6) is 0.505. The minimum Gasteiger partial charge on any atom is -0.394 e. The summed E-state index contributed by atoms with van der Waals surface area (Å²) in [7, 11) is 0. The Morgan fingerprint density at radius 1 is 1.10 bits per heavy atom. The Bertz CT molecular complexity index is 562. The second-order valence-corrected chi connectivity index (χ2v) is 5.65. The Kier molecular flexibility index (Phi) is 6.04. The lowest BCUT2D eigenvalue weighted by Gasteiger charge is -2.14. The van der Waals surface area contributed by atoms with Crippen molar-refractivity contribution in [1.82, 2.24) is 0 Å². The van der Waals surface area contributed by atoms with Crippen molar-refractivity contribution in [2.45, 2.75) is 16.8 Å². The predicted octanol–water partition coefficient (Wildman–Crippen LogP) is 2.88. The summed E-state index contributed by atoms with van der Waals surface area (Å²) >= 11 is 1.64. The fourth-order valence-electron chi connectivity index (χ4n) is 1.77. The van der Waals surface area contributed by atoms with Gasteiger partial charge in [0.1, 0.15) is 5.82 Å². The highest BCUT2D eigenvalue weighted by Gasteiger charge is 2.06. The minimum atomic E-state index is -0.778. The number of benzene rings is 2. The van der Waals surface area contributed by atoms with E-state index < -0.39 is 6.10 Å². The molecule has 0 aliphatic carbocycles. The molecule has 0 heterocycles. The SMILES string of the molecule is OCC(O)CNc1ccccc1SCc1ccc(F)cc1. The van der Waals surface area contributed by atoms with Crippen molar-refractivity contribution in [2.24, 2.45) is 0 Å². The van der Waals surface area contributed by atoms with Crippen LogP contribution in [0.1, 0.15) is 5.56 Å². The first-order valence-electron chi connectivity index (χ1n) is 6.68. The first-order chi connectivity index (χ1) is 10.2. The summed E-state index contributed by atoms with van der Waals surface area (Å²) in [6.45, 7) is 0.0303. The lowest BCUT2D eigenvalue weighted by atomic mass is 10.2. The van der Waals surface area contributed by atoms with Crippen molar-refractivity contribution < 1.29 is 14.6 Å². The number of para-hydroxylation sites is 1. The maximum Gasteiger partial charge on any atom is 0.123 e. The molecule has 0 amide bonds. The summed E-state index contributed by atoms with van der Waals surface area (Å²) < 4.78 is 12.9. The fourth-order valence-corrected chi connectivity index (χ4v) is 2.76. The maximum atomic E-state index is 12.9. The molecule has 3 N–H and O–H groups in total. The molecule has 0 saturated carbocycles. The van der Waals surface area contributed by atoms with E-state index in [1.165, 1.54) is 12.1 Å². The molecule has 0 fully saturated rings. The molecule has 0 aromatic heterocycles. The topological polar surface area (TPSA) is 52.5 Å². The van der Waals surface area contributed by atoms with E-state index >= 15 is 0 Å². The van der Waals surface area contributed by atoms with Crippen molar-refractivity contribution in [2.75, 3.05) is 18.5 Å². The molecule has 3 nitrogen and oxygen atoms in total. The first kappa shape index (κ1) is 15.8. The van der Waals surface area contributed by atoms with Crippen molar-refractivity contribution in [1.29, 1.82) is 0 Å². The molecule has 5 heteroatoms. The van der Waals surface area contributed by atoms with Gasteiger partial charge in [-0.15, -0.1) is 11.8 Å². The number of anilines is 1. The zero-order valence-corrected chi connectivity index (χ0v) is 12.3. The number of aliphatic hydroxyl groups excluding tert-OH is 2. The molecule has 0 radical (unpaired) electrons. The van der Waals surface area contributed by atoms with Crippen LogP contribution in [0.2, 0.25) is 0 Å². The predicted molar refractivity (Wildman–Crippen MR) is 84.0 cm³/mol. The summed E-state index contributed by atoms with van der Waals surface area (Å²) in [4.78, 5) is 1.05. The van der Waals surface area contributed by atoms with Crippen LogP contribution in [0.3, 0.4) is 0 Å². The van der Waals surface area contributed by atoms with E-state index in [9.17, 15) is 9.50 Å². The second-order valence-electron chi connectivity index (χ2n) is 4.63. The van der Waals surface area contributed by atoms with Crippen LogP contribution in [-0.2, 0) is 5.75 Å². The fraction of sp³-hybridized carbons (Fsp3) is 0.250. The Morgan fingerprint density at radius 2 is 1.81 bits per heavy atom. The number of nitrogens with one attached hydrogen (secondary N) is 1. The number of hydrogen-bond donors (Lipinski definition) is 3. The molecule has 0 saturated heterocycles. The summed E-state index contributed by atoms with van der Waals surface area (Å²) in [5.41, 5.74) is 1.96. The molecule has 1 unspecified atom stereocenters. The smallest absolute Gasteiger partial charge is 0.123 e. The number of aliphatic hydroxyl groups is 2. The van der Waals surface area contributed by atoms with E-state index in [1.807, 2.05) is 24.3 Å². The van der Waals surface area contributed by atoms with E-state index in [4.69, 9.17) is 5.11 Å². The molecular weight excluding hydrogens is 289 g/mol. The zero-order chi connectivity index (χ0) is 15.1. The van der Waals surface area contributed by atoms with Crippen LogP contribution in [0.4, 0.5) is 10.1 Å². The van der Waals surface area contributed by atoms with Crippen LogP contribution >= 0.6 is 11.8 Å². The molecule has 1 atom stereocenters. The molecule has 2 aromatic rings. The standard InChI is InChI=1S/C16H18FNO2S/c17-13-7-5-12(6-8-13)11-21-16-4-2-1-3-15(16)18-9-14(20)10-19/h1-8,14,18-20H,9-11H2. The summed E-state index contributed by atoms with van der Waals surface area (Å²) in [5, 5.41) is 21.3. The Balaban J connectivity index is 1.97. The van der Waals surface area contributed by atoms with Gasteiger partial charge in [0.15, 0.2) is 0 Å². The van der Waals surface area contributed by atoms with Crippen LogP contribution in [0, 0.1) is 5.82 Å². The van der Waals surface area contributed by atoms with Crippen LogP contribution in [-0.4, -0.2) is 29.5 Å². The third kappa shape index (κ3) is 5.04. The third-order valence-electron chi connectivity index (χ3n) is 2.93. The van der Waals surface area contributed by atoms with Crippen molar-refractivity contribution in [3.05, 3.63) is 59.9 Å². The average molecular weight is 307 g/mol. The summed E-state index contributed by atoms with van der Waals surface area (Å²) in [6, 6.07) is 14.2. The monoisotopic (exact) mass is 307 g/mol. The van der Waals surface area contributed by atoms with Gasteiger partial charge in [-0.05, 0) is 29.8 Å². The highest BCUT2D eigenvalue weighted by atomic mass is 32.2. The number of hydrogen-bond acceptors (Lipinski definition) is 4. The van der Waals surface area contributed by atoms with Crippen LogP contribution < -0.4 is 5.32 Å². The van der Waals surface area contributed by atoms with E-state index in [-0.39, 0.29) is 12.4 Å². The van der Waals surface area contributed by atoms with E-state index in [0.29, 0.717) is 6.54 Å². The Labute approximate surface area is 127 Å². The average Bonchev–Trinajstić information content (AvgIpc) is 2.52. The molecule has 2 aromatic carbocycles. The highest BCUT2D eigenvalue weighted by molar-refractivity contribution is 7.98. The molecule has 2 rings (SSSR count). The van der Waals surface area contributed by atoms with Gasteiger partial charge in [0.25, 0.3) is 0 Å². The highest BCUT2D eigenvalue weighted by Crippen LogP contribution is 2.29. The van der Waals surface area contributed by atoms with Crippen molar-refractivity contribution >= 4 is 17.4 Å². The maximum absolute atomic E-state index is 12.9.